The Bertz CT molecular complexity index is 728. The highest BCUT2D eigenvalue weighted by Gasteiger charge is 2.24. The fourth-order valence-electron chi connectivity index (χ4n) is 3.48. The quantitative estimate of drug-likeness (QED) is 0.232. The van der Waals surface area contributed by atoms with Gasteiger partial charge >= 0.3 is 0 Å². The Morgan fingerprint density at radius 2 is 1.79 bits per heavy atom. The lowest BCUT2D eigenvalue weighted by atomic mass is 9.98. The van der Waals surface area contributed by atoms with Gasteiger partial charge in [0.25, 0.3) is 0 Å². The molecule has 0 unspecified atom stereocenters. The molecule has 0 spiro atoms. The molecule has 0 saturated carbocycles. The van der Waals surface area contributed by atoms with Crippen LogP contribution >= 0.6 is 24.0 Å². The minimum Gasteiger partial charge on any atom is -0.356 e. The molecule has 1 aliphatic heterocycles. The first kappa shape index (κ1) is 26.2. The molecule has 6 nitrogen and oxygen atoms in total. The molecule has 1 aliphatic rings. The molecule has 1 aromatic carbocycles. The first-order valence-corrected chi connectivity index (χ1v) is 12.1. The Morgan fingerprint density at radius 1 is 1.17 bits per heavy atom. The number of sulfonamides is 1. The summed E-state index contributed by atoms with van der Waals surface area (Å²) in [5, 5.41) is 6.76. The van der Waals surface area contributed by atoms with Gasteiger partial charge in [0.2, 0.25) is 10.0 Å². The molecule has 2 rings (SSSR count). The lowest BCUT2D eigenvalue weighted by Crippen LogP contribution is -2.44. The predicted octanol–water partition coefficient (Wildman–Crippen LogP) is 3.20. The van der Waals surface area contributed by atoms with E-state index in [0.717, 1.165) is 44.7 Å². The van der Waals surface area contributed by atoms with E-state index in [1.165, 1.54) is 17.4 Å². The molecule has 0 amide bonds. The number of benzene rings is 1. The van der Waals surface area contributed by atoms with Crippen molar-refractivity contribution in [1.82, 2.24) is 14.9 Å². The number of hydrogen-bond acceptors (Lipinski definition) is 3. The molecule has 0 aromatic heterocycles. The second kappa shape index (κ2) is 12.7. The van der Waals surface area contributed by atoms with Crippen molar-refractivity contribution < 1.29 is 8.42 Å². The average Bonchev–Trinajstić information content (AvgIpc) is 2.67. The van der Waals surface area contributed by atoms with Crippen LogP contribution in [0, 0.1) is 5.92 Å². The number of nitrogens with zero attached hydrogens (tertiary/aromatic N) is 2. The molecule has 1 heterocycles. The number of nitrogens with one attached hydrogen (secondary N) is 2. The first-order valence-electron chi connectivity index (χ1n) is 10.3. The molecule has 2 N–H and O–H groups in total. The van der Waals surface area contributed by atoms with Crippen LogP contribution < -0.4 is 10.6 Å². The number of guanidine groups is 1. The molecule has 0 radical (unpaired) electrons. The lowest BCUT2D eigenvalue weighted by Gasteiger charge is -2.30. The van der Waals surface area contributed by atoms with Crippen molar-refractivity contribution in [3.05, 3.63) is 35.4 Å². The zero-order chi connectivity index (χ0) is 20.6. The number of rotatable bonds is 8. The molecule has 29 heavy (non-hydrogen) atoms. The van der Waals surface area contributed by atoms with E-state index in [9.17, 15) is 8.42 Å². The number of aliphatic imine (C=N–C) groups is 1. The van der Waals surface area contributed by atoms with Crippen molar-refractivity contribution in [1.29, 1.82) is 0 Å². The van der Waals surface area contributed by atoms with Crippen LogP contribution in [0.1, 0.15) is 50.2 Å². The number of halogens is 1. The van der Waals surface area contributed by atoms with Crippen molar-refractivity contribution in [3.8, 4) is 0 Å². The van der Waals surface area contributed by atoms with E-state index in [0.29, 0.717) is 24.9 Å². The van der Waals surface area contributed by atoms with Gasteiger partial charge in [-0.1, -0.05) is 38.1 Å². The Morgan fingerprint density at radius 3 is 2.31 bits per heavy atom. The fourth-order valence-corrected chi connectivity index (χ4v) is 4.35. The van der Waals surface area contributed by atoms with Crippen molar-refractivity contribution in [3.63, 3.8) is 0 Å². The summed E-state index contributed by atoms with van der Waals surface area (Å²) in [5.41, 5.74) is 2.75. The lowest BCUT2D eigenvalue weighted by molar-refractivity contribution is 0.275. The summed E-state index contributed by atoms with van der Waals surface area (Å²) in [6, 6.07) is 8.91. The van der Waals surface area contributed by atoms with Crippen molar-refractivity contribution in [2.24, 2.45) is 10.9 Å². The van der Waals surface area contributed by atoms with Crippen molar-refractivity contribution >= 4 is 40.0 Å². The molecule has 0 bridgehead atoms. The number of hydrogen-bond donors (Lipinski definition) is 2. The zero-order valence-electron chi connectivity index (χ0n) is 18.1. The van der Waals surface area contributed by atoms with E-state index in [4.69, 9.17) is 0 Å². The summed E-state index contributed by atoms with van der Waals surface area (Å²) in [6.45, 7) is 7.37. The van der Waals surface area contributed by atoms with E-state index in [2.05, 4.69) is 53.7 Å². The maximum Gasteiger partial charge on any atom is 0.211 e. The predicted molar refractivity (Wildman–Crippen MR) is 133 cm³/mol. The van der Waals surface area contributed by atoms with Crippen molar-refractivity contribution in [2.75, 3.05) is 39.5 Å². The van der Waals surface area contributed by atoms with E-state index < -0.39 is 10.0 Å². The van der Waals surface area contributed by atoms with E-state index in [1.54, 1.807) is 11.4 Å². The molecule has 1 aromatic rings. The van der Waals surface area contributed by atoms with Gasteiger partial charge < -0.3 is 10.6 Å². The number of piperidine rings is 1. The van der Waals surface area contributed by atoms with Gasteiger partial charge in [-0.15, -0.1) is 24.0 Å². The second-order valence-corrected chi connectivity index (χ2v) is 9.97. The summed E-state index contributed by atoms with van der Waals surface area (Å²) in [7, 11) is -1.27. The number of aryl methyl sites for hydroxylation is 1. The van der Waals surface area contributed by atoms with Gasteiger partial charge in [0.05, 0.1) is 6.26 Å². The van der Waals surface area contributed by atoms with Gasteiger partial charge in [-0.2, -0.15) is 0 Å². The van der Waals surface area contributed by atoms with E-state index in [-0.39, 0.29) is 24.0 Å². The fraction of sp³-hybridized carbons (Fsp3) is 0.667. The maximum absolute atomic E-state index is 11.6. The monoisotopic (exact) mass is 536 g/mol. The highest BCUT2D eigenvalue weighted by atomic mass is 127. The third-order valence-corrected chi connectivity index (χ3v) is 6.71. The van der Waals surface area contributed by atoms with Gasteiger partial charge in [0, 0.05) is 33.2 Å². The van der Waals surface area contributed by atoms with Crippen LogP contribution in [-0.4, -0.2) is 58.2 Å². The topological polar surface area (TPSA) is 73.8 Å². The minimum atomic E-state index is -3.05. The van der Waals surface area contributed by atoms with Crippen LogP contribution in [-0.2, 0) is 16.4 Å². The highest BCUT2D eigenvalue weighted by molar-refractivity contribution is 14.0. The molecule has 0 aliphatic carbocycles. The third kappa shape index (κ3) is 9.21. The maximum atomic E-state index is 11.6. The van der Waals surface area contributed by atoms with Gasteiger partial charge in [-0.05, 0) is 48.6 Å². The van der Waals surface area contributed by atoms with Crippen LogP contribution in [0.2, 0.25) is 0 Å². The van der Waals surface area contributed by atoms with Gasteiger partial charge in [0.15, 0.2) is 5.96 Å². The molecular formula is C21H37IN4O2S. The summed E-state index contributed by atoms with van der Waals surface area (Å²) in [4.78, 5) is 4.29. The first-order chi connectivity index (χ1) is 13.3. The summed E-state index contributed by atoms with van der Waals surface area (Å²) in [6.07, 6.45) is 5.17. The van der Waals surface area contributed by atoms with Crippen LogP contribution in [0.15, 0.2) is 29.3 Å². The molecule has 166 valence electrons. The standard InChI is InChI=1S/C21H36N4O2S.HI/c1-17(2)20-9-7-18(8-10-20)6-5-13-23-21(22-3)24-16-19-11-14-25(15-12-19)28(4,26)27;/h7-10,17,19H,5-6,11-16H2,1-4H3,(H2,22,23,24);1H. The third-order valence-electron chi connectivity index (χ3n) is 5.41. The highest BCUT2D eigenvalue weighted by Crippen LogP contribution is 2.18. The van der Waals surface area contributed by atoms with Gasteiger partial charge in [-0.3, -0.25) is 4.99 Å². The SMILES string of the molecule is CN=C(NCCCc1ccc(C(C)C)cc1)NCC1CCN(S(C)(=O)=O)CC1.I. The van der Waals surface area contributed by atoms with Crippen LogP contribution in [0.5, 0.6) is 0 Å². The Balaban J connectivity index is 0.00000420. The van der Waals surface area contributed by atoms with Crippen LogP contribution in [0.4, 0.5) is 0 Å². The smallest absolute Gasteiger partial charge is 0.211 e. The Hall–Kier alpha value is -0.870. The van der Waals surface area contributed by atoms with Crippen molar-refractivity contribution in [2.45, 2.75) is 45.4 Å². The Kier molecular flexibility index (Phi) is 11.5. The van der Waals surface area contributed by atoms with Crippen LogP contribution in [0.3, 0.4) is 0 Å². The normalized spacial score (nSPS) is 16.5. The molecule has 0 atom stereocenters. The molecule has 1 saturated heterocycles. The van der Waals surface area contributed by atoms with E-state index >= 15 is 0 Å². The van der Waals surface area contributed by atoms with Gasteiger partial charge in [-0.25, -0.2) is 12.7 Å². The minimum absolute atomic E-state index is 0. The molecular weight excluding hydrogens is 499 g/mol. The molecule has 8 heteroatoms. The summed E-state index contributed by atoms with van der Waals surface area (Å²) < 4.78 is 24.7. The zero-order valence-corrected chi connectivity index (χ0v) is 21.3. The van der Waals surface area contributed by atoms with Crippen LogP contribution in [0.25, 0.3) is 0 Å². The van der Waals surface area contributed by atoms with E-state index in [1.807, 2.05) is 0 Å². The Labute approximate surface area is 194 Å². The largest absolute Gasteiger partial charge is 0.356 e. The second-order valence-electron chi connectivity index (χ2n) is 7.99. The average molecular weight is 537 g/mol. The summed E-state index contributed by atoms with van der Waals surface area (Å²) in [5.74, 6) is 1.88. The molecule has 1 fully saturated rings. The summed E-state index contributed by atoms with van der Waals surface area (Å²) >= 11 is 0. The van der Waals surface area contributed by atoms with Gasteiger partial charge in [0.1, 0.15) is 0 Å².